The van der Waals surface area contributed by atoms with Crippen LogP contribution in [0.5, 0.6) is 0 Å². The number of carbonyl (C=O) groups excluding carboxylic acids is 1. The van der Waals surface area contributed by atoms with Crippen LogP contribution in [0.15, 0.2) is 18.2 Å². The molecule has 6 heteroatoms. The van der Waals surface area contributed by atoms with Gasteiger partial charge in [0.1, 0.15) is 17.2 Å². The van der Waals surface area contributed by atoms with Crippen molar-refractivity contribution >= 4 is 11.9 Å². The molecule has 0 aliphatic carbocycles. The first-order valence-electron chi connectivity index (χ1n) is 5.89. The Bertz CT molecular complexity index is 457. The SMILES string of the molecule is CCC(CNC(=O)c1c(F)cccc1F)CC(=O)O. The number of aliphatic carboxylic acids is 1. The highest BCUT2D eigenvalue weighted by molar-refractivity contribution is 5.94. The lowest BCUT2D eigenvalue weighted by atomic mass is 10.0. The number of carboxylic acids is 1. The Hall–Kier alpha value is -1.98. The molecule has 0 aliphatic rings. The highest BCUT2D eigenvalue weighted by atomic mass is 19.1. The zero-order valence-electron chi connectivity index (χ0n) is 10.5. The lowest BCUT2D eigenvalue weighted by Crippen LogP contribution is -2.31. The van der Waals surface area contributed by atoms with Gasteiger partial charge in [0.05, 0.1) is 0 Å². The molecule has 0 bridgehead atoms. The van der Waals surface area contributed by atoms with Crippen LogP contribution in [0.2, 0.25) is 0 Å². The molecular formula is C13H15F2NO3. The molecule has 1 unspecified atom stereocenters. The second-order valence-corrected chi connectivity index (χ2v) is 4.18. The minimum Gasteiger partial charge on any atom is -0.481 e. The molecule has 0 heterocycles. The van der Waals surface area contributed by atoms with Gasteiger partial charge in [0, 0.05) is 13.0 Å². The monoisotopic (exact) mass is 271 g/mol. The second-order valence-electron chi connectivity index (χ2n) is 4.18. The fourth-order valence-electron chi connectivity index (χ4n) is 1.65. The van der Waals surface area contributed by atoms with Crippen LogP contribution in [0.4, 0.5) is 8.78 Å². The number of nitrogens with one attached hydrogen (secondary N) is 1. The van der Waals surface area contributed by atoms with Crippen molar-refractivity contribution in [3.05, 3.63) is 35.4 Å². The summed E-state index contributed by atoms with van der Waals surface area (Å²) >= 11 is 0. The van der Waals surface area contributed by atoms with Crippen LogP contribution >= 0.6 is 0 Å². The number of carbonyl (C=O) groups is 2. The topological polar surface area (TPSA) is 66.4 Å². The van der Waals surface area contributed by atoms with Crippen LogP contribution in [0, 0.1) is 17.6 Å². The van der Waals surface area contributed by atoms with Gasteiger partial charge in [-0.05, 0) is 18.1 Å². The normalized spacial score (nSPS) is 11.9. The van der Waals surface area contributed by atoms with E-state index in [0.29, 0.717) is 6.42 Å². The summed E-state index contributed by atoms with van der Waals surface area (Å²) < 4.78 is 26.6. The van der Waals surface area contributed by atoms with Crippen molar-refractivity contribution in [3.8, 4) is 0 Å². The van der Waals surface area contributed by atoms with E-state index in [1.54, 1.807) is 6.92 Å². The van der Waals surface area contributed by atoms with Crippen molar-refractivity contribution in [2.45, 2.75) is 19.8 Å². The van der Waals surface area contributed by atoms with E-state index >= 15 is 0 Å². The van der Waals surface area contributed by atoms with Gasteiger partial charge in [-0.2, -0.15) is 0 Å². The largest absolute Gasteiger partial charge is 0.481 e. The molecule has 4 nitrogen and oxygen atoms in total. The number of carboxylic acid groups (broad SMARTS) is 1. The Labute approximate surface area is 109 Å². The molecule has 1 aromatic carbocycles. The van der Waals surface area contributed by atoms with Crippen LogP contribution in [-0.4, -0.2) is 23.5 Å². The van der Waals surface area contributed by atoms with Crippen molar-refractivity contribution in [1.29, 1.82) is 0 Å². The van der Waals surface area contributed by atoms with Gasteiger partial charge < -0.3 is 10.4 Å². The zero-order chi connectivity index (χ0) is 14.4. The summed E-state index contributed by atoms with van der Waals surface area (Å²) in [6.07, 6.45) is 0.447. The molecule has 104 valence electrons. The van der Waals surface area contributed by atoms with Gasteiger partial charge in [0.25, 0.3) is 5.91 Å². The van der Waals surface area contributed by atoms with Gasteiger partial charge in [-0.3, -0.25) is 9.59 Å². The summed E-state index contributed by atoms with van der Waals surface area (Å²) in [5.74, 6) is -4.00. The van der Waals surface area contributed by atoms with Gasteiger partial charge in [0.15, 0.2) is 0 Å². The fourth-order valence-corrected chi connectivity index (χ4v) is 1.65. The molecule has 19 heavy (non-hydrogen) atoms. The Morgan fingerprint density at radius 3 is 2.37 bits per heavy atom. The number of rotatable bonds is 6. The van der Waals surface area contributed by atoms with Crippen molar-refractivity contribution in [3.63, 3.8) is 0 Å². The first kappa shape index (κ1) is 15.1. The summed E-state index contributed by atoms with van der Waals surface area (Å²) in [6, 6.07) is 3.15. The summed E-state index contributed by atoms with van der Waals surface area (Å²) in [7, 11) is 0. The van der Waals surface area contributed by atoms with E-state index in [0.717, 1.165) is 12.1 Å². The predicted molar refractivity (Wildman–Crippen MR) is 64.7 cm³/mol. The molecule has 2 N–H and O–H groups in total. The molecule has 0 aromatic heterocycles. The molecule has 0 saturated heterocycles. The van der Waals surface area contributed by atoms with Crippen LogP contribution in [-0.2, 0) is 4.79 Å². The average Bonchev–Trinajstić information content (AvgIpc) is 2.33. The van der Waals surface area contributed by atoms with Gasteiger partial charge in [-0.1, -0.05) is 19.4 Å². The number of hydrogen-bond donors (Lipinski definition) is 2. The van der Waals surface area contributed by atoms with E-state index < -0.39 is 29.1 Å². The van der Waals surface area contributed by atoms with Crippen molar-refractivity contribution < 1.29 is 23.5 Å². The third-order valence-electron chi connectivity index (χ3n) is 2.78. The Balaban J connectivity index is 2.67. The molecular weight excluding hydrogens is 256 g/mol. The van der Waals surface area contributed by atoms with Gasteiger partial charge >= 0.3 is 5.97 Å². The van der Waals surface area contributed by atoms with Crippen LogP contribution < -0.4 is 5.32 Å². The fraction of sp³-hybridized carbons (Fsp3) is 0.385. The number of amides is 1. The van der Waals surface area contributed by atoms with Gasteiger partial charge in [0.2, 0.25) is 0 Å². The quantitative estimate of drug-likeness (QED) is 0.833. The van der Waals surface area contributed by atoms with E-state index in [1.807, 2.05) is 0 Å². The van der Waals surface area contributed by atoms with Crippen LogP contribution in [0.1, 0.15) is 30.1 Å². The van der Waals surface area contributed by atoms with Crippen molar-refractivity contribution in [2.24, 2.45) is 5.92 Å². The van der Waals surface area contributed by atoms with E-state index in [4.69, 9.17) is 5.11 Å². The smallest absolute Gasteiger partial charge is 0.303 e. The number of halogens is 2. The van der Waals surface area contributed by atoms with E-state index in [9.17, 15) is 18.4 Å². The van der Waals surface area contributed by atoms with E-state index in [2.05, 4.69) is 5.32 Å². The van der Waals surface area contributed by atoms with Crippen molar-refractivity contribution in [1.82, 2.24) is 5.32 Å². The first-order valence-corrected chi connectivity index (χ1v) is 5.89. The minimum absolute atomic E-state index is 0.0649. The summed E-state index contributed by atoms with van der Waals surface area (Å²) in [6.45, 7) is 1.85. The molecule has 0 saturated carbocycles. The Morgan fingerprint density at radius 1 is 1.32 bits per heavy atom. The maximum Gasteiger partial charge on any atom is 0.303 e. The summed E-state index contributed by atoms with van der Waals surface area (Å²) in [4.78, 5) is 22.2. The molecule has 1 amide bonds. The molecule has 1 atom stereocenters. The molecule has 1 aromatic rings. The lowest BCUT2D eigenvalue weighted by Gasteiger charge is -2.13. The summed E-state index contributed by atoms with van der Waals surface area (Å²) in [5.41, 5.74) is -0.646. The summed E-state index contributed by atoms with van der Waals surface area (Å²) in [5, 5.41) is 11.0. The second kappa shape index (κ2) is 6.82. The highest BCUT2D eigenvalue weighted by Gasteiger charge is 2.18. The third-order valence-corrected chi connectivity index (χ3v) is 2.78. The third kappa shape index (κ3) is 4.31. The predicted octanol–water partition coefficient (Wildman–Crippen LogP) is 2.20. The standard InChI is InChI=1S/C13H15F2NO3/c1-2-8(6-11(17)18)7-16-13(19)12-9(14)4-3-5-10(12)15/h3-5,8H,2,6-7H2,1H3,(H,16,19)(H,17,18). The maximum atomic E-state index is 13.3. The Kier molecular flexibility index (Phi) is 5.41. The molecule has 0 spiro atoms. The van der Waals surface area contributed by atoms with Gasteiger partial charge in [-0.25, -0.2) is 8.78 Å². The molecule has 0 aliphatic heterocycles. The zero-order valence-corrected chi connectivity index (χ0v) is 10.5. The van der Waals surface area contributed by atoms with E-state index in [-0.39, 0.29) is 18.9 Å². The Morgan fingerprint density at radius 2 is 1.89 bits per heavy atom. The minimum atomic E-state index is -0.974. The van der Waals surface area contributed by atoms with E-state index in [1.165, 1.54) is 6.07 Å². The van der Waals surface area contributed by atoms with Crippen LogP contribution in [0.3, 0.4) is 0 Å². The molecule has 0 radical (unpaired) electrons. The lowest BCUT2D eigenvalue weighted by molar-refractivity contribution is -0.138. The average molecular weight is 271 g/mol. The highest BCUT2D eigenvalue weighted by Crippen LogP contribution is 2.12. The number of hydrogen-bond acceptors (Lipinski definition) is 2. The van der Waals surface area contributed by atoms with Crippen LogP contribution in [0.25, 0.3) is 0 Å². The molecule has 0 fully saturated rings. The maximum absolute atomic E-state index is 13.3. The van der Waals surface area contributed by atoms with Gasteiger partial charge in [-0.15, -0.1) is 0 Å². The number of benzene rings is 1. The molecule has 1 rings (SSSR count). The van der Waals surface area contributed by atoms with Crippen molar-refractivity contribution in [2.75, 3.05) is 6.54 Å². The first-order chi connectivity index (χ1) is 8.95.